The summed E-state index contributed by atoms with van der Waals surface area (Å²) in [6.45, 7) is 6.14. The van der Waals surface area contributed by atoms with Gasteiger partial charge in [-0.25, -0.2) is 0 Å². The summed E-state index contributed by atoms with van der Waals surface area (Å²) in [7, 11) is 0. The minimum atomic E-state index is 0.419. The van der Waals surface area contributed by atoms with Gasteiger partial charge in [-0.1, -0.05) is 6.92 Å². The summed E-state index contributed by atoms with van der Waals surface area (Å²) < 4.78 is 11.6. The van der Waals surface area contributed by atoms with Crippen LogP contribution in [0.25, 0.3) is 0 Å². The molecule has 2 heterocycles. The number of hydrogen-bond donors (Lipinski definition) is 1. The molecule has 3 atom stereocenters. The summed E-state index contributed by atoms with van der Waals surface area (Å²) in [4.78, 5) is 0. The van der Waals surface area contributed by atoms with Crippen LogP contribution in [0.5, 0.6) is 0 Å². The van der Waals surface area contributed by atoms with E-state index < -0.39 is 0 Å². The number of hydrogen-bond acceptors (Lipinski definition) is 3. The molecule has 0 aromatic carbocycles. The summed E-state index contributed by atoms with van der Waals surface area (Å²) in [5.41, 5.74) is 0. The van der Waals surface area contributed by atoms with Crippen molar-refractivity contribution in [2.45, 2.75) is 57.6 Å². The second-order valence-electron chi connectivity index (χ2n) is 5.36. The van der Waals surface area contributed by atoms with Gasteiger partial charge in [-0.15, -0.1) is 0 Å². The molecular formula is C14H27NO2. The van der Waals surface area contributed by atoms with Crippen LogP contribution in [-0.4, -0.2) is 38.5 Å². The summed E-state index contributed by atoms with van der Waals surface area (Å²) in [5, 5.41) is 3.70. The van der Waals surface area contributed by atoms with Gasteiger partial charge in [-0.3, -0.25) is 0 Å². The third kappa shape index (κ3) is 3.94. The number of rotatable bonds is 5. The Morgan fingerprint density at radius 3 is 2.76 bits per heavy atom. The molecule has 0 radical (unpaired) electrons. The van der Waals surface area contributed by atoms with Crippen LogP contribution in [0.4, 0.5) is 0 Å². The number of nitrogens with one attached hydrogen (secondary N) is 1. The summed E-state index contributed by atoms with van der Waals surface area (Å²) in [6, 6.07) is 0.510. The molecule has 0 saturated carbocycles. The van der Waals surface area contributed by atoms with Crippen LogP contribution in [0.2, 0.25) is 0 Å². The Balaban J connectivity index is 1.90. The molecule has 0 amide bonds. The Bertz CT molecular complexity index is 180. The van der Waals surface area contributed by atoms with Crippen molar-refractivity contribution in [1.82, 2.24) is 5.32 Å². The lowest BCUT2D eigenvalue weighted by molar-refractivity contribution is -0.0463. The molecule has 3 nitrogen and oxygen atoms in total. The van der Waals surface area contributed by atoms with Gasteiger partial charge in [0.2, 0.25) is 0 Å². The second kappa shape index (κ2) is 7.34. The molecule has 1 N–H and O–H groups in total. The van der Waals surface area contributed by atoms with Crippen LogP contribution in [0.1, 0.15) is 45.4 Å². The van der Waals surface area contributed by atoms with Gasteiger partial charge in [0.15, 0.2) is 0 Å². The van der Waals surface area contributed by atoms with Gasteiger partial charge in [-0.05, 0) is 45.1 Å². The average molecular weight is 241 g/mol. The van der Waals surface area contributed by atoms with Crippen molar-refractivity contribution in [2.24, 2.45) is 5.92 Å². The predicted molar refractivity (Wildman–Crippen MR) is 69.2 cm³/mol. The molecule has 0 aliphatic carbocycles. The summed E-state index contributed by atoms with van der Waals surface area (Å²) in [5.74, 6) is 0.651. The van der Waals surface area contributed by atoms with Crippen LogP contribution >= 0.6 is 0 Å². The number of ether oxygens (including phenoxy) is 2. The standard InChI is InChI=1S/C14H27NO2/c1-2-8-15-14(12-6-5-9-16-11-12)13-7-3-4-10-17-13/h12-15H,2-11H2,1H3. The molecule has 3 heteroatoms. The minimum absolute atomic E-state index is 0.419. The van der Waals surface area contributed by atoms with E-state index in [4.69, 9.17) is 9.47 Å². The maximum Gasteiger partial charge on any atom is 0.0731 e. The highest BCUT2D eigenvalue weighted by molar-refractivity contribution is 4.86. The van der Waals surface area contributed by atoms with E-state index in [9.17, 15) is 0 Å². The third-order valence-corrected chi connectivity index (χ3v) is 3.95. The SMILES string of the molecule is CCCNC(C1CCCOC1)C1CCCCO1. The van der Waals surface area contributed by atoms with Crippen molar-refractivity contribution < 1.29 is 9.47 Å². The van der Waals surface area contributed by atoms with E-state index in [0.29, 0.717) is 18.1 Å². The first-order chi connectivity index (χ1) is 8.42. The van der Waals surface area contributed by atoms with Gasteiger partial charge in [0.1, 0.15) is 0 Å². The molecule has 2 saturated heterocycles. The lowest BCUT2D eigenvalue weighted by atomic mass is 9.87. The largest absolute Gasteiger partial charge is 0.381 e. The van der Waals surface area contributed by atoms with Crippen molar-refractivity contribution in [3.63, 3.8) is 0 Å². The molecule has 2 aliphatic rings. The molecule has 0 aromatic heterocycles. The van der Waals surface area contributed by atoms with Crippen molar-refractivity contribution in [2.75, 3.05) is 26.4 Å². The topological polar surface area (TPSA) is 30.5 Å². The van der Waals surface area contributed by atoms with Gasteiger partial charge in [0.05, 0.1) is 12.7 Å². The Hall–Kier alpha value is -0.120. The monoisotopic (exact) mass is 241 g/mol. The van der Waals surface area contributed by atoms with Crippen LogP contribution in [0.15, 0.2) is 0 Å². The average Bonchev–Trinajstić information content (AvgIpc) is 2.42. The predicted octanol–water partition coefficient (Wildman–Crippen LogP) is 2.35. The third-order valence-electron chi connectivity index (χ3n) is 3.95. The zero-order valence-corrected chi connectivity index (χ0v) is 11.1. The zero-order valence-electron chi connectivity index (χ0n) is 11.1. The quantitative estimate of drug-likeness (QED) is 0.801. The Morgan fingerprint density at radius 1 is 1.18 bits per heavy atom. The smallest absolute Gasteiger partial charge is 0.0731 e. The van der Waals surface area contributed by atoms with E-state index in [0.717, 1.165) is 26.4 Å². The molecule has 100 valence electrons. The molecule has 0 spiro atoms. The highest BCUT2D eigenvalue weighted by Crippen LogP contribution is 2.25. The molecule has 0 aromatic rings. The van der Waals surface area contributed by atoms with Gasteiger partial charge < -0.3 is 14.8 Å². The van der Waals surface area contributed by atoms with Gasteiger partial charge >= 0.3 is 0 Å². The van der Waals surface area contributed by atoms with Crippen molar-refractivity contribution in [1.29, 1.82) is 0 Å². The minimum Gasteiger partial charge on any atom is -0.381 e. The van der Waals surface area contributed by atoms with Gasteiger partial charge in [0, 0.05) is 25.2 Å². The van der Waals surface area contributed by atoms with Crippen molar-refractivity contribution in [3.8, 4) is 0 Å². The van der Waals surface area contributed by atoms with Gasteiger partial charge in [-0.2, -0.15) is 0 Å². The Labute approximate surface area is 105 Å². The molecule has 0 bridgehead atoms. The first-order valence-electron chi connectivity index (χ1n) is 7.34. The summed E-state index contributed by atoms with van der Waals surface area (Å²) in [6.07, 6.45) is 7.89. The molecule has 17 heavy (non-hydrogen) atoms. The molecular weight excluding hydrogens is 214 g/mol. The van der Waals surface area contributed by atoms with E-state index >= 15 is 0 Å². The highest BCUT2D eigenvalue weighted by Gasteiger charge is 2.32. The summed E-state index contributed by atoms with van der Waals surface area (Å²) >= 11 is 0. The van der Waals surface area contributed by atoms with E-state index in [1.165, 1.54) is 38.5 Å². The van der Waals surface area contributed by atoms with E-state index in [1.807, 2.05) is 0 Å². The maximum absolute atomic E-state index is 5.97. The highest BCUT2D eigenvalue weighted by atomic mass is 16.5. The lowest BCUT2D eigenvalue weighted by Gasteiger charge is -2.38. The molecule has 2 aliphatic heterocycles. The zero-order chi connectivity index (χ0) is 11.9. The van der Waals surface area contributed by atoms with Crippen LogP contribution in [0.3, 0.4) is 0 Å². The Kier molecular flexibility index (Phi) is 5.75. The maximum atomic E-state index is 5.97. The van der Waals surface area contributed by atoms with Crippen molar-refractivity contribution >= 4 is 0 Å². The normalized spacial score (nSPS) is 32.3. The second-order valence-corrected chi connectivity index (χ2v) is 5.36. The lowest BCUT2D eigenvalue weighted by Crippen LogP contribution is -2.50. The molecule has 2 rings (SSSR count). The van der Waals surface area contributed by atoms with Gasteiger partial charge in [0.25, 0.3) is 0 Å². The fraction of sp³-hybridized carbons (Fsp3) is 1.00. The van der Waals surface area contributed by atoms with Crippen molar-refractivity contribution in [3.05, 3.63) is 0 Å². The fourth-order valence-corrected chi connectivity index (χ4v) is 3.01. The van der Waals surface area contributed by atoms with Crippen LogP contribution in [0, 0.1) is 5.92 Å². The molecule has 3 unspecified atom stereocenters. The van der Waals surface area contributed by atoms with E-state index in [2.05, 4.69) is 12.2 Å². The van der Waals surface area contributed by atoms with Crippen LogP contribution in [-0.2, 0) is 9.47 Å². The van der Waals surface area contributed by atoms with E-state index in [-0.39, 0.29) is 0 Å². The first-order valence-corrected chi connectivity index (χ1v) is 7.34. The first kappa shape index (κ1) is 13.3. The molecule has 2 fully saturated rings. The van der Waals surface area contributed by atoms with E-state index in [1.54, 1.807) is 0 Å². The fourth-order valence-electron chi connectivity index (χ4n) is 3.01. The van der Waals surface area contributed by atoms with Crippen LogP contribution < -0.4 is 5.32 Å². The Morgan fingerprint density at radius 2 is 2.12 bits per heavy atom.